The lowest BCUT2D eigenvalue weighted by molar-refractivity contribution is 0.669. The van der Waals surface area contributed by atoms with Crippen LogP contribution < -0.4 is 0 Å². The zero-order chi connectivity index (χ0) is 46.0. The average Bonchev–Trinajstić information content (AvgIpc) is 3.96. The standard InChI is InChI=1S/C42H26N2O/c1-5-18-36-31(13-1)32-14-2-6-19-37(32)44(36)29-23-24-39-35(26-29)33-15-3-7-20-38(33)43(39)28-12-9-11-27(25-28)30-17-10-22-41-42(30)34-16-4-8-21-40(34)45-41/h1-26H/i1D,2D,4D,5D,6D,8D,9D,10D,11D,12D,13D,14D,16D,17D,18D,19D,21D,22D,25D. The predicted molar refractivity (Wildman–Crippen MR) is 188 cm³/mol. The van der Waals surface area contributed by atoms with Crippen molar-refractivity contribution in [3.8, 4) is 22.5 Å². The molecule has 3 nitrogen and oxygen atoms in total. The molecule has 0 spiro atoms. The summed E-state index contributed by atoms with van der Waals surface area (Å²) < 4.78 is 176. The number of furan rings is 1. The maximum Gasteiger partial charge on any atom is 0.136 e. The predicted octanol–water partition coefficient (Wildman–Crippen LogP) is 11.4. The van der Waals surface area contributed by atoms with E-state index in [1.54, 1.807) is 36.4 Å². The Kier molecular flexibility index (Phi) is 2.56. The molecule has 10 aromatic rings. The van der Waals surface area contributed by atoms with Crippen molar-refractivity contribution in [2.75, 3.05) is 0 Å². The van der Waals surface area contributed by atoms with Crippen molar-refractivity contribution in [2.24, 2.45) is 0 Å². The van der Waals surface area contributed by atoms with Crippen molar-refractivity contribution in [3.63, 3.8) is 0 Å². The molecule has 0 aliphatic carbocycles. The van der Waals surface area contributed by atoms with Crippen LogP contribution in [0, 0.1) is 0 Å². The van der Waals surface area contributed by atoms with Crippen LogP contribution in [0.4, 0.5) is 0 Å². The van der Waals surface area contributed by atoms with E-state index in [1.807, 2.05) is 0 Å². The summed E-state index contributed by atoms with van der Waals surface area (Å²) in [7, 11) is 0. The van der Waals surface area contributed by atoms with Crippen molar-refractivity contribution in [1.29, 1.82) is 0 Å². The normalized spacial score (nSPS) is 17.9. The van der Waals surface area contributed by atoms with Gasteiger partial charge < -0.3 is 13.6 Å². The van der Waals surface area contributed by atoms with Crippen LogP contribution in [0.15, 0.2) is 162 Å². The molecule has 0 unspecified atom stereocenters. The van der Waals surface area contributed by atoms with E-state index < -0.39 is 126 Å². The van der Waals surface area contributed by atoms with Crippen molar-refractivity contribution >= 4 is 65.6 Å². The van der Waals surface area contributed by atoms with Gasteiger partial charge in [-0.05, 0) is 71.6 Å². The second-order valence-electron chi connectivity index (χ2n) is 10.3. The lowest BCUT2D eigenvalue weighted by atomic mass is 9.99. The second-order valence-corrected chi connectivity index (χ2v) is 10.3. The molecule has 3 heterocycles. The number of hydrogen-bond donors (Lipinski definition) is 0. The maximum atomic E-state index is 9.75. The Bertz CT molecular complexity index is 3770. The molecule has 0 amide bonds. The SMILES string of the molecule is [2H]c1c([2H])c(-c2c([2H])c([2H])c([2H])c3oc4c([2H])c([2H])c([2H])c([2H])c4c23)c([2H])c(-n2c3ccccc3c3cc(-n4c5c([2H])c([2H])c([2H])c([2H])c5c5c([2H])c([2H])c([2H])c([2H])c54)ccc32)c1[2H]. The monoisotopic (exact) mass is 593 g/mol. The number of benzene rings is 7. The van der Waals surface area contributed by atoms with Crippen LogP contribution in [-0.4, -0.2) is 9.13 Å². The van der Waals surface area contributed by atoms with Crippen LogP contribution in [0.2, 0.25) is 0 Å². The summed E-state index contributed by atoms with van der Waals surface area (Å²) in [6, 6.07) is 0.121. The third-order valence-electron chi connectivity index (χ3n) is 7.98. The van der Waals surface area contributed by atoms with Gasteiger partial charge in [0.05, 0.1) is 48.1 Å². The average molecular weight is 594 g/mol. The minimum atomic E-state index is -0.706. The van der Waals surface area contributed by atoms with Gasteiger partial charge in [0.1, 0.15) is 11.2 Å². The van der Waals surface area contributed by atoms with Gasteiger partial charge in [0.15, 0.2) is 0 Å². The van der Waals surface area contributed by atoms with E-state index in [9.17, 15) is 2.74 Å². The van der Waals surface area contributed by atoms with Crippen LogP contribution in [0.25, 0.3) is 88.1 Å². The largest absolute Gasteiger partial charge is 0.456 e. The molecule has 0 aliphatic rings. The highest BCUT2D eigenvalue weighted by molar-refractivity contribution is 6.14. The number of rotatable bonds is 3. The Morgan fingerprint density at radius 2 is 1.13 bits per heavy atom. The molecule has 3 aromatic heterocycles. The molecule has 0 fully saturated rings. The number of nitrogens with zero attached hydrogens (tertiary/aromatic N) is 2. The molecule has 0 N–H and O–H groups in total. The first-order valence-corrected chi connectivity index (χ1v) is 13.8. The van der Waals surface area contributed by atoms with Gasteiger partial charge in [-0.2, -0.15) is 0 Å². The fourth-order valence-electron chi connectivity index (χ4n) is 6.14. The lowest BCUT2D eigenvalue weighted by Crippen LogP contribution is -1.96. The first-order chi connectivity index (χ1) is 30.2. The van der Waals surface area contributed by atoms with E-state index in [0.29, 0.717) is 21.8 Å². The van der Waals surface area contributed by atoms with Crippen LogP contribution in [0.5, 0.6) is 0 Å². The molecule has 0 aliphatic heterocycles. The molecular formula is C42H26N2O. The zero-order valence-corrected chi connectivity index (χ0v) is 22.8. The number of hydrogen-bond acceptors (Lipinski definition) is 1. The molecular weight excluding hydrogens is 548 g/mol. The maximum absolute atomic E-state index is 9.75. The van der Waals surface area contributed by atoms with Crippen LogP contribution in [0.3, 0.4) is 0 Å². The minimum Gasteiger partial charge on any atom is -0.456 e. The van der Waals surface area contributed by atoms with Gasteiger partial charge in [0, 0.05) is 43.7 Å². The van der Waals surface area contributed by atoms with Gasteiger partial charge in [-0.25, -0.2) is 0 Å². The van der Waals surface area contributed by atoms with E-state index in [-0.39, 0.29) is 55.1 Å². The van der Waals surface area contributed by atoms with E-state index in [1.165, 1.54) is 15.2 Å². The van der Waals surface area contributed by atoms with Gasteiger partial charge in [-0.15, -0.1) is 0 Å². The summed E-state index contributed by atoms with van der Waals surface area (Å²) in [6.07, 6.45) is 0. The minimum absolute atomic E-state index is 0.103. The highest BCUT2D eigenvalue weighted by Gasteiger charge is 2.17. The summed E-state index contributed by atoms with van der Waals surface area (Å²) in [6.45, 7) is 0. The van der Waals surface area contributed by atoms with Crippen molar-refractivity contribution in [1.82, 2.24) is 9.13 Å². The second kappa shape index (κ2) is 9.22. The summed E-state index contributed by atoms with van der Waals surface area (Å²) in [5.41, 5.74) is -1.13. The number of para-hydroxylation sites is 4. The molecule has 7 aromatic carbocycles. The summed E-state index contributed by atoms with van der Waals surface area (Å²) >= 11 is 0. The molecule has 10 rings (SSSR count). The molecule has 210 valence electrons. The summed E-state index contributed by atoms with van der Waals surface area (Å²) in [5, 5.41) is 0.211. The van der Waals surface area contributed by atoms with Gasteiger partial charge in [0.2, 0.25) is 0 Å². The Hall–Kier alpha value is -6.06. The molecule has 0 saturated heterocycles. The number of aromatic nitrogens is 2. The van der Waals surface area contributed by atoms with E-state index in [2.05, 4.69) is 0 Å². The van der Waals surface area contributed by atoms with Gasteiger partial charge in [-0.1, -0.05) is 96.8 Å². The molecule has 0 bridgehead atoms. The van der Waals surface area contributed by atoms with E-state index in [0.717, 1.165) is 0 Å². The van der Waals surface area contributed by atoms with E-state index >= 15 is 0 Å². The fourth-order valence-corrected chi connectivity index (χ4v) is 6.14. The fraction of sp³-hybridized carbons (Fsp3) is 0. The summed E-state index contributed by atoms with van der Waals surface area (Å²) in [4.78, 5) is 0. The smallest absolute Gasteiger partial charge is 0.136 e. The zero-order valence-electron chi connectivity index (χ0n) is 41.8. The summed E-state index contributed by atoms with van der Waals surface area (Å²) in [5.74, 6) is 0. The van der Waals surface area contributed by atoms with Crippen molar-refractivity contribution in [3.05, 3.63) is 157 Å². The van der Waals surface area contributed by atoms with Crippen LogP contribution >= 0.6 is 0 Å². The van der Waals surface area contributed by atoms with Gasteiger partial charge in [0.25, 0.3) is 0 Å². The Morgan fingerprint density at radius 3 is 1.98 bits per heavy atom. The molecule has 0 atom stereocenters. The van der Waals surface area contributed by atoms with Gasteiger partial charge >= 0.3 is 0 Å². The Balaban J connectivity index is 1.33. The van der Waals surface area contributed by atoms with Crippen molar-refractivity contribution in [2.45, 2.75) is 0 Å². The van der Waals surface area contributed by atoms with Crippen LogP contribution in [0.1, 0.15) is 26.0 Å². The highest BCUT2D eigenvalue weighted by Crippen LogP contribution is 2.40. The molecule has 0 saturated carbocycles. The topological polar surface area (TPSA) is 23.0 Å². The molecule has 0 radical (unpaired) electrons. The van der Waals surface area contributed by atoms with Gasteiger partial charge in [-0.3, -0.25) is 0 Å². The molecule has 45 heavy (non-hydrogen) atoms. The Labute approximate surface area is 285 Å². The van der Waals surface area contributed by atoms with E-state index in [4.69, 9.17) is 27.7 Å². The first-order valence-electron chi connectivity index (χ1n) is 23.3. The molecule has 3 heteroatoms. The quantitative estimate of drug-likeness (QED) is 0.200. The third kappa shape index (κ3) is 3.46. The Morgan fingerprint density at radius 1 is 0.467 bits per heavy atom. The lowest BCUT2D eigenvalue weighted by Gasteiger charge is -2.12. The van der Waals surface area contributed by atoms with Crippen LogP contribution in [-0.2, 0) is 0 Å². The first kappa shape index (κ1) is 12.5. The third-order valence-corrected chi connectivity index (χ3v) is 7.98. The van der Waals surface area contributed by atoms with Crippen molar-refractivity contribution < 1.29 is 30.5 Å². The number of fused-ring (bicyclic) bond motifs is 9. The highest BCUT2D eigenvalue weighted by atomic mass is 16.3.